The van der Waals surface area contributed by atoms with E-state index in [0.717, 1.165) is 12.8 Å². The van der Waals surface area contributed by atoms with Crippen molar-refractivity contribution in [1.29, 1.82) is 0 Å². The van der Waals surface area contributed by atoms with Gasteiger partial charge in [-0.1, -0.05) is 27.7 Å². The Hall–Kier alpha value is 2.35. The fourth-order valence-electron chi connectivity index (χ4n) is 7.13. The fourth-order valence-corrected chi connectivity index (χ4v) is 12.1. The van der Waals surface area contributed by atoms with E-state index in [4.69, 9.17) is 9.11 Å². The molecule has 1 heterocycles. The van der Waals surface area contributed by atoms with Gasteiger partial charge in [-0.3, -0.25) is 18.7 Å². The molecule has 4 aliphatic carbocycles. The Morgan fingerprint density at radius 1 is 0.737 bits per heavy atom. The average Bonchev–Trinajstić information content (AvgIpc) is 3.45. The number of hydrogen-bond acceptors (Lipinski definition) is 8. The Labute approximate surface area is 290 Å². The van der Waals surface area contributed by atoms with Crippen molar-refractivity contribution in [1.82, 2.24) is 0 Å². The number of fused-ring (bicyclic) bond motifs is 4. The molecule has 2 N–H and O–H groups in total. The van der Waals surface area contributed by atoms with Gasteiger partial charge >= 0.3 is 59.1 Å². The Morgan fingerprint density at radius 2 is 1.05 bits per heavy atom. The molecule has 0 amide bonds. The van der Waals surface area contributed by atoms with Gasteiger partial charge in [0.05, 0.1) is 22.3 Å². The maximum Gasteiger partial charge on any atom is 0 e. The molecule has 4 atom stereocenters. The van der Waals surface area contributed by atoms with E-state index in [1.165, 1.54) is 16.6 Å². The molecule has 0 aromatic heterocycles. The second-order valence-electron chi connectivity index (χ2n) is 11.7. The first kappa shape index (κ1) is 40.4. The smallest absolute Gasteiger partial charge is 0 e. The van der Waals surface area contributed by atoms with E-state index in [0.29, 0.717) is 25.7 Å². The first-order valence-electron chi connectivity index (χ1n) is 12.0. The molecule has 0 spiro atoms. The van der Waals surface area contributed by atoms with Gasteiger partial charge in [-0.05, 0) is 48.3 Å². The molecule has 5 aliphatic rings. The summed E-state index contributed by atoms with van der Waals surface area (Å²) >= 11 is 4.07. The number of thioether (sulfide) groups is 2. The molecule has 4 unspecified atom stereocenters. The molecule has 5 rings (SSSR count). The minimum absolute atomic E-state index is 0. The van der Waals surface area contributed by atoms with Gasteiger partial charge in [-0.15, -0.1) is 0 Å². The monoisotopic (exact) mass is 676 g/mol. The summed E-state index contributed by atoms with van der Waals surface area (Å²) < 4.78 is 62.0. The minimum atomic E-state index is -4.08. The number of carbonyl (C=O) groups is 2. The first-order chi connectivity index (χ1) is 15.9. The number of hydrogen-bond donors (Lipinski definition) is 2. The van der Waals surface area contributed by atoms with Crippen LogP contribution in [0.25, 0.3) is 0 Å². The Balaban J connectivity index is 0.000000571. The predicted molar refractivity (Wildman–Crippen MR) is 154 cm³/mol. The van der Waals surface area contributed by atoms with Crippen LogP contribution in [0.4, 0.5) is 0 Å². The minimum Gasteiger partial charge on any atom is 0 e. The normalized spacial score (nSPS) is 33.6. The van der Waals surface area contributed by atoms with E-state index in [-0.39, 0.29) is 110 Å². The van der Waals surface area contributed by atoms with Gasteiger partial charge in [0, 0.05) is 45.9 Å². The van der Waals surface area contributed by atoms with Gasteiger partial charge in [-0.2, -0.15) is 40.4 Å². The van der Waals surface area contributed by atoms with Gasteiger partial charge in [0.2, 0.25) is 0 Å². The van der Waals surface area contributed by atoms with Crippen LogP contribution in [0.1, 0.15) is 66.2 Å². The van der Waals surface area contributed by atoms with Crippen molar-refractivity contribution in [3.05, 3.63) is 0 Å². The molecule has 8 nitrogen and oxygen atoms in total. The van der Waals surface area contributed by atoms with Gasteiger partial charge in [-0.25, -0.2) is 0 Å². The van der Waals surface area contributed by atoms with E-state index in [1.54, 1.807) is 0 Å². The van der Waals surface area contributed by atoms with Gasteiger partial charge in [0.15, 0.2) is 0 Å². The maximum absolute atomic E-state index is 11.9. The van der Waals surface area contributed by atoms with Crippen LogP contribution in [-0.4, -0.2) is 125 Å². The molecule has 1 aliphatic heterocycles. The van der Waals surface area contributed by atoms with E-state index < -0.39 is 42.6 Å². The van der Waals surface area contributed by atoms with Crippen molar-refractivity contribution in [3.8, 4) is 0 Å². The summed E-state index contributed by atoms with van der Waals surface area (Å²) in [5, 5.41) is 1.33. The summed E-state index contributed by atoms with van der Waals surface area (Å²) in [6.45, 7) is 7.78. The second-order valence-corrected chi connectivity index (χ2v) is 17.2. The standard InChI is InChI=1S/2C10H16O4S.C3H6S2.2Na.Ni.2H/c2*1-9(2)7-3-4-10(9,8(11)5-7)6-15(12,13)14;1-2-5-3-4-1;;;;;/h2*7H,3-6H2,1-2H3,(H,12,13,14);1-3H2;;;;;. The zero-order chi connectivity index (χ0) is 26.5. The van der Waals surface area contributed by atoms with Gasteiger partial charge < -0.3 is 0 Å². The summed E-state index contributed by atoms with van der Waals surface area (Å²) in [7, 11) is -8.15. The van der Waals surface area contributed by atoms with Crippen molar-refractivity contribution in [3.63, 3.8) is 0 Å². The average molecular weight is 678 g/mol. The molecule has 4 saturated carbocycles. The van der Waals surface area contributed by atoms with Gasteiger partial charge in [0.25, 0.3) is 20.2 Å². The summed E-state index contributed by atoms with van der Waals surface area (Å²) in [6, 6.07) is 0. The molecule has 0 aromatic carbocycles. The Bertz CT molecular complexity index is 991. The fraction of sp³-hybridized carbons (Fsp3) is 0.913. The van der Waals surface area contributed by atoms with Crippen LogP contribution in [0.3, 0.4) is 0 Å². The molecule has 0 radical (unpaired) electrons. The van der Waals surface area contributed by atoms with Crippen LogP contribution in [0.5, 0.6) is 0 Å². The van der Waals surface area contributed by atoms with E-state index in [9.17, 15) is 26.4 Å². The number of ketones is 2. The third kappa shape index (κ3) is 8.09. The van der Waals surface area contributed by atoms with E-state index in [2.05, 4.69) is 0 Å². The topological polar surface area (TPSA) is 143 Å². The Kier molecular flexibility index (Phi) is 15.3. The molecular formula is C23H40Na2NiO8S4. The zero-order valence-corrected chi connectivity index (χ0v) is 25.5. The summed E-state index contributed by atoms with van der Waals surface area (Å²) in [5.41, 5.74) is -2.24. The first-order valence-corrected chi connectivity index (χ1v) is 17.5. The molecule has 216 valence electrons. The van der Waals surface area contributed by atoms with Gasteiger partial charge in [0.1, 0.15) is 11.6 Å². The van der Waals surface area contributed by atoms with Crippen LogP contribution in [0.2, 0.25) is 0 Å². The predicted octanol–water partition coefficient (Wildman–Crippen LogP) is 2.66. The van der Waals surface area contributed by atoms with Crippen LogP contribution in [0.15, 0.2) is 0 Å². The van der Waals surface area contributed by atoms with Crippen LogP contribution in [-0.2, 0) is 46.3 Å². The summed E-state index contributed by atoms with van der Waals surface area (Å²) in [4.78, 5) is 23.8. The molecule has 38 heavy (non-hydrogen) atoms. The number of Topliss-reactive ketones (excluding diaryl/α,β-unsaturated/α-hetero) is 2. The number of rotatable bonds is 4. The molecule has 0 aromatic rings. The van der Waals surface area contributed by atoms with Crippen LogP contribution >= 0.6 is 23.5 Å². The van der Waals surface area contributed by atoms with E-state index in [1.807, 2.05) is 51.2 Å². The van der Waals surface area contributed by atoms with Crippen molar-refractivity contribution in [2.45, 2.75) is 66.2 Å². The summed E-state index contributed by atoms with van der Waals surface area (Å²) in [6.07, 6.45) is 3.94. The molecular weight excluding hydrogens is 637 g/mol. The molecule has 1 saturated heterocycles. The quantitative estimate of drug-likeness (QED) is 0.337. The third-order valence-electron chi connectivity index (χ3n) is 9.67. The largest absolute Gasteiger partial charge is 0 e. The van der Waals surface area contributed by atoms with Crippen LogP contribution in [0, 0.1) is 33.5 Å². The van der Waals surface area contributed by atoms with Crippen molar-refractivity contribution in [2.24, 2.45) is 33.5 Å². The SMILES string of the molecule is C1CSCS1.CC1(C)C2CCC1(CS(=O)(=O)O)C(=O)C2.CC1(C)C2CCC1(CS(=O)(=O)O)C(=O)C2.[NaH].[NaH].[Ni]. The van der Waals surface area contributed by atoms with E-state index >= 15 is 0 Å². The van der Waals surface area contributed by atoms with Crippen LogP contribution < -0.4 is 0 Å². The number of carbonyl (C=O) groups excluding carboxylic acids is 2. The third-order valence-corrected chi connectivity index (χ3v) is 14.0. The molecule has 5 fully saturated rings. The van der Waals surface area contributed by atoms with Crippen molar-refractivity contribution in [2.75, 3.05) is 28.1 Å². The Morgan fingerprint density at radius 3 is 1.21 bits per heavy atom. The molecule has 4 bridgehead atoms. The summed E-state index contributed by atoms with van der Waals surface area (Å²) in [5.74, 6) is 2.56. The second kappa shape index (κ2) is 14.4. The zero-order valence-electron chi connectivity index (χ0n) is 21.2. The van der Waals surface area contributed by atoms with Crippen molar-refractivity contribution >= 4 is 114 Å². The maximum atomic E-state index is 11.9. The van der Waals surface area contributed by atoms with Crippen molar-refractivity contribution < 1.29 is 52.0 Å². The molecule has 15 heteroatoms.